The average Bonchev–Trinajstić information content (AvgIpc) is 2.26. The second-order valence-electron chi connectivity index (χ2n) is 3.42. The summed E-state index contributed by atoms with van der Waals surface area (Å²) in [6.45, 7) is 0. The highest BCUT2D eigenvalue weighted by atomic mass is 35.5. The zero-order valence-corrected chi connectivity index (χ0v) is 9.24. The Bertz CT molecular complexity index is 570. The summed E-state index contributed by atoms with van der Waals surface area (Å²) in [5, 5.41) is 2.64. The first-order valence-corrected chi connectivity index (χ1v) is 5.21. The highest BCUT2D eigenvalue weighted by Crippen LogP contribution is 2.27. The number of carbonyl (C=O) groups excluding carboxylic acids is 1. The third-order valence-electron chi connectivity index (χ3n) is 2.31. The van der Waals surface area contributed by atoms with Gasteiger partial charge in [-0.25, -0.2) is 0 Å². The lowest BCUT2D eigenvalue weighted by molar-refractivity contribution is -0.113. The minimum absolute atomic E-state index is 0.468. The molecular weight excluding hydrogens is 222 g/mol. The Morgan fingerprint density at radius 1 is 1.19 bits per heavy atom. The standard InChI is InChI=1S/C13H10ClNO/c14-11-6-2-5-9-3-1-4-10(13(9)11)7-8-12(15)16/h1-8H,(H2,15,16). The Hall–Kier alpha value is -1.80. The molecule has 0 aliphatic carbocycles. The summed E-state index contributed by atoms with van der Waals surface area (Å²) in [5.74, 6) is -0.468. The molecule has 1 amide bonds. The van der Waals surface area contributed by atoms with Crippen LogP contribution >= 0.6 is 11.6 Å². The van der Waals surface area contributed by atoms with Gasteiger partial charge >= 0.3 is 0 Å². The fraction of sp³-hybridized carbons (Fsp3) is 0. The van der Waals surface area contributed by atoms with Crippen LogP contribution in [0.3, 0.4) is 0 Å². The van der Waals surface area contributed by atoms with Gasteiger partial charge in [-0.05, 0) is 23.1 Å². The Kier molecular flexibility index (Phi) is 2.93. The monoisotopic (exact) mass is 231 g/mol. The predicted octanol–water partition coefficient (Wildman–Crippen LogP) is 2.99. The normalized spacial score (nSPS) is 11.1. The van der Waals surface area contributed by atoms with Gasteiger partial charge in [0.25, 0.3) is 0 Å². The third kappa shape index (κ3) is 2.07. The summed E-state index contributed by atoms with van der Waals surface area (Å²) in [4.78, 5) is 10.7. The molecule has 0 fully saturated rings. The number of hydrogen-bond acceptors (Lipinski definition) is 1. The summed E-state index contributed by atoms with van der Waals surface area (Å²) < 4.78 is 0. The molecule has 0 heterocycles. The van der Waals surface area contributed by atoms with Crippen molar-refractivity contribution in [1.82, 2.24) is 0 Å². The van der Waals surface area contributed by atoms with Gasteiger partial charge in [0.2, 0.25) is 5.91 Å². The van der Waals surface area contributed by atoms with E-state index in [2.05, 4.69) is 0 Å². The first-order chi connectivity index (χ1) is 7.68. The molecule has 2 aromatic rings. The van der Waals surface area contributed by atoms with Gasteiger partial charge in [-0.2, -0.15) is 0 Å². The van der Waals surface area contributed by atoms with Crippen LogP contribution in [0.5, 0.6) is 0 Å². The molecule has 2 rings (SSSR count). The van der Waals surface area contributed by atoms with Gasteiger partial charge in [0.1, 0.15) is 0 Å². The Balaban J connectivity index is 2.65. The molecular formula is C13H10ClNO. The van der Waals surface area contributed by atoms with Crippen molar-refractivity contribution in [2.75, 3.05) is 0 Å². The molecule has 0 unspecified atom stereocenters. The summed E-state index contributed by atoms with van der Waals surface area (Å²) in [5.41, 5.74) is 5.95. The van der Waals surface area contributed by atoms with Crippen LogP contribution in [0, 0.1) is 0 Å². The van der Waals surface area contributed by atoms with Crippen LogP contribution in [-0.2, 0) is 4.79 Å². The summed E-state index contributed by atoms with van der Waals surface area (Å²) in [6, 6.07) is 11.5. The van der Waals surface area contributed by atoms with Gasteiger partial charge < -0.3 is 5.73 Å². The minimum Gasteiger partial charge on any atom is -0.366 e. The molecule has 0 saturated carbocycles. The molecule has 0 spiro atoms. The lowest BCUT2D eigenvalue weighted by atomic mass is 10.0. The molecule has 2 aromatic carbocycles. The van der Waals surface area contributed by atoms with Crippen molar-refractivity contribution in [2.45, 2.75) is 0 Å². The van der Waals surface area contributed by atoms with E-state index in [9.17, 15) is 4.79 Å². The topological polar surface area (TPSA) is 43.1 Å². The number of primary amides is 1. The van der Waals surface area contributed by atoms with E-state index in [1.807, 2.05) is 36.4 Å². The SMILES string of the molecule is NC(=O)C=Cc1cccc2cccc(Cl)c12. The van der Waals surface area contributed by atoms with E-state index in [4.69, 9.17) is 17.3 Å². The van der Waals surface area contributed by atoms with E-state index < -0.39 is 5.91 Å². The van der Waals surface area contributed by atoms with Gasteiger partial charge in [-0.3, -0.25) is 4.79 Å². The fourth-order valence-corrected chi connectivity index (χ4v) is 1.92. The Labute approximate surface area is 98.3 Å². The molecule has 0 bridgehead atoms. The first kappa shape index (κ1) is 10.7. The Morgan fingerprint density at radius 3 is 2.56 bits per heavy atom. The van der Waals surface area contributed by atoms with Crippen molar-refractivity contribution in [3.05, 3.63) is 53.1 Å². The third-order valence-corrected chi connectivity index (χ3v) is 2.63. The van der Waals surface area contributed by atoms with Crippen molar-refractivity contribution in [3.8, 4) is 0 Å². The zero-order chi connectivity index (χ0) is 11.5. The smallest absolute Gasteiger partial charge is 0.241 e. The highest BCUT2D eigenvalue weighted by molar-refractivity contribution is 6.36. The van der Waals surface area contributed by atoms with Gasteiger partial charge in [-0.15, -0.1) is 0 Å². The van der Waals surface area contributed by atoms with Gasteiger partial charge in [0, 0.05) is 16.5 Å². The number of fused-ring (bicyclic) bond motifs is 1. The van der Waals surface area contributed by atoms with Crippen LogP contribution in [0.15, 0.2) is 42.5 Å². The maximum atomic E-state index is 10.7. The largest absolute Gasteiger partial charge is 0.366 e. The van der Waals surface area contributed by atoms with Gasteiger partial charge in [0.15, 0.2) is 0 Å². The van der Waals surface area contributed by atoms with E-state index in [0.29, 0.717) is 5.02 Å². The fourth-order valence-electron chi connectivity index (χ4n) is 1.63. The van der Waals surface area contributed by atoms with Crippen molar-refractivity contribution in [3.63, 3.8) is 0 Å². The van der Waals surface area contributed by atoms with Gasteiger partial charge in [0.05, 0.1) is 0 Å². The average molecular weight is 232 g/mol. The summed E-state index contributed by atoms with van der Waals surface area (Å²) in [6.07, 6.45) is 3.01. The first-order valence-electron chi connectivity index (χ1n) is 4.83. The number of halogens is 1. The molecule has 3 heteroatoms. The second kappa shape index (κ2) is 4.37. The van der Waals surface area contributed by atoms with Crippen LogP contribution < -0.4 is 5.73 Å². The molecule has 0 aromatic heterocycles. The van der Waals surface area contributed by atoms with E-state index in [0.717, 1.165) is 16.3 Å². The molecule has 0 atom stereocenters. The minimum atomic E-state index is -0.468. The van der Waals surface area contributed by atoms with Crippen LogP contribution in [0.25, 0.3) is 16.8 Å². The maximum Gasteiger partial charge on any atom is 0.241 e. The van der Waals surface area contributed by atoms with E-state index in [-0.39, 0.29) is 0 Å². The molecule has 80 valence electrons. The quantitative estimate of drug-likeness (QED) is 0.794. The van der Waals surface area contributed by atoms with Gasteiger partial charge in [-0.1, -0.05) is 41.9 Å². The van der Waals surface area contributed by atoms with Crippen molar-refractivity contribution in [1.29, 1.82) is 0 Å². The van der Waals surface area contributed by atoms with E-state index in [1.54, 1.807) is 6.08 Å². The zero-order valence-electron chi connectivity index (χ0n) is 8.48. The number of carbonyl (C=O) groups is 1. The summed E-state index contributed by atoms with van der Waals surface area (Å²) in [7, 11) is 0. The number of amides is 1. The molecule has 2 nitrogen and oxygen atoms in total. The second-order valence-corrected chi connectivity index (χ2v) is 3.83. The number of nitrogens with two attached hydrogens (primary N) is 1. The van der Waals surface area contributed by atoms with Crippen LogP contribution in [0.4, 0.5) is 0 Å². The molecule has 0 saturated heterocycles. The van der Waals surface area contributed by atoms with Crippen molar-refractivity contribution < 1.29 is 4.79 Å². The van der Waals surface area contributed by atoms with E-state index in [1.165, 1.54) is 6.08 Å². The number of benzene rings is 2. The van der Waals surface area contributed by atoms with E-state index >= 15 is 0 Å². The van der Waals surface area contributed by atoms with Crippen LogP contribution in [0.2, 0.25) is 5.02 Å². The van der Waals surface area contributed by atoms with Crippen LogP contribution in [-0.4, -0.2) is 5.91 Å². The molecule has 0 aliphatic rings. The lowest BCUT2D eigenvalue weighted by Gasteiger charge is -2.03. The van der Waals surface area contributed by atoms with Crippen LogP contribution in [0.1, 0.15) is 5.56 Å². The number of rotatable bonds is 2. The lowest BCUT2D eigenvalue weighted by Crippen LogP contribution is -2.05. The molecule has 0 aliphatic heterocycles. The highest BCUT2D eigenvalue weighted by Gasteiger charge is 2.02. The Morgan fingerprint density at radius 2 is 1.88 bits per heavy atom. The molecule has 16 heavy (non-hydrogen) atoms. The van der Waals surface area contributed by atoms with Crippen molar-refractivity contribution >= 4 is 34.4 Å². The predicted molar refractivity (Wildman–Crippen MR) is 67.2 cm³/mol. The molecule has 0 radical (unpaired) electrons. The van der Waals surface area contributed by atoms with Crippen molar-refractivity contribution in [2.24, 2.45) is 5.73 Å². The maximum absolute atomic E-state index is 10.7. The molecule has 2 N–H and O–H groups in total. The summed E-state index contributed by atoms with van der Waals surface area (Å²) >= 11 is 6.13. The number of hydrogen-bond donors (Lipinski definition) is 1.